The summed E-state index contributed by atoms with van der Waals surface area (Å²) in [7, 11) is -3.24. The molecule has 0 unspecified atom stereocenters. The van der Waals surface area contributed by atoms with Crippen LogP contribution < -0.4 is 9.47 Å². The molecule has 9 heteroatoms. The molecule has 3 aliphatic rings. The standard InChI is InChI=1S/C35H38N2O6S/c1-5-41-35(38)31-18-30(31)23-6-9-25(10-7-23)43-32-13-12-29-28(32)11-8-24(19-36)34(29)33-21(2)16-27(17-22(33)3)42-26-14-15-37(20-26)44(4,39)40/h6-11,16-17,26,30-32H,5,12-15,18,20H2,1-4H3/t26-,30-,31+,32-/m1/s1. The maximum Gasteiger partial charge on any atom is 0.309 e. The van der Waals surface area contributed by atoms with Crippen LogP contribution in [0.3, 0.4) is 0 Å². The number of esters is 1. The molecule has 230 valence electrons. The third-order valence-electron chi connectivity index (χ3n) is 9.08. The third-order valence-corrected chi connectivity index (χ3v) is 10.3. The van der Waals surface area contributed by atoms with Crippen LogP contribution in [0.1, 0.15) is 71.6 Å². The van der Waals surface area contributed by atoms with Crippen molar-refractivity contribution in [1.29, 1.82) is 5.26 Å². The van der Waals surface area contributed by atoms with Crippen molar-refractivity contribution in [2.45, 2.75) is 64.6 Å². The summed E-state index contributed by atoms with van der Waals surface area (Å²) in [4.78, 5) is 12.1. The van der Waals surface area contributed by atoms with Gasteiger partial charge in [-0.25, -0.2) is 8.42 Å². The molecule has 0 aromatic heterocycles. The number of sulfonamides is 1. The number of fused-ring (bicyclic) bond motifs is 1. The molecule has 3 aromatic carbocycles. The molecule has 1 heterocycles. The Kier molecular flexibility index (Phi) is 8.16. The average Bonchev–Trinajstić information content (AvgIpc) is 3.46. The average molecular weight is 615 g/mol. The Balaban J connectivity index is 1.21. The zero-order valence-electron chi connectivity index (χ0n) is 25.6. The van der Waals surface area contributed by atoms with E-state index in [1.807, 2.05) is 69.3 Å². The summed E-state index contributed by atoms with van der Waals surface area (Å²) in [6.07, 6.45) is 3.99. The van der Waals surface area contributed by atoms with Crippen LogP contribution in [-0.2, 0) is 26.0 Å². The highest BCUT2D eigenvalue weighted by molar-refractivity contribution is 7.88. The van der Waals surface area contributed by atoms with Gasteiger partial charge in [-0.2, -0.15) is 9.57 Å². The molecule has 2 fully saturated rings. The maximum absolute atomic E-state index is 12.1. The molecule has 44 heavy (non-hydrogen) atoms. The summed E-state index contributed by atoms with van der Waals surface area (Å²) >= 11 is 0. The minimum atomic E-state index is -3.24. The molecule has 0 N–H and O–H groups in total. The molecule has 6 rings (SSSR count). The van der Waals surface area contributed by atoms with Gasteiger partial charge in [-0.3, -0.25) is 4.79 Å². The van der Waals surface area contributed by atoms with E-state index in [9.17, 15) is 18.5 Å². The summed E-state index contributed by atoms with van der Waals surface area (Å²) < 4.78 is 43.2. The molecule has 1 aliphatic heterocycles. The summed E-state index contributed by atoms with van der Waals surface area (Å²) in [6.45, 7) is 7.11. The molecule has 1 saturated carbocycles. The molecule has 0 amide bonds. The van der Waals surface area contributed by atoms with Crippen LogP contribution in [0.2, 0.25) is 0 Å². The van der Waals surface area contributed by atoms with Crippen LogP contribution in [0.4, 0.5) is 0 Å². The van der Waals surface area contributed by atoms with E-state index in [2.05, 4.69) is 6.07 Å². The van der Waals surface area contributed by atoms with E-state index < -0.39 is 10.0 Å². The van der Waals surface area contributed by atoms with Crippen molar-refractivity contribution in [3.63, 3.8) is 0 Å². The number of nitriles is 1. The quantitative estimate of drug-likeness (QED) is 0.273. The fourth-order valence-corrected chi connectivity index (χ4v) is 7.75. The van der Waals surface area contributed by atoms with Crippen molar-refractivity contribution in [3.8, 4) is 28.7 Å². The Bertz CT molecular complexity index is 1720. The topological polar surface area (TPSA) is 106 Å². The predicted molar refractivity (Wildman–Crippen MR) is 167 cm³/mol. The molecular weight excluding hydrogens is 576 g/mol. The van der Waals surface area contributed by atoms with Gasteiger partial charge in [-0.05, 0) is 116 Å². The number of aryl methyl sites for hydroxylation is 2. The van der Waals surface area contributed by atoms with Gasteiger partial charge >= 0.3 is 5.97 Å². The van der Waals surface area contributed by atoms with E-state index in [1.54, 1.807) is 0 Å². The molecule has 0 bridgehead atoms. The molecule has 0 radical (unpaired) electrons. The number of carbonyl (C=O) groups excluding carboxylic acids is 1. The van der Waals surface area contributed by atoms with Crippen molar-refractivity contribution < 1.29 is 27.4 Å². The molecule has 1 saturated heterocycles. The van der Waals surface area contributed by atoms with Crippen molar-refractivity contribution in [3.05, 3.63) is 81.9 Å². The Hall–Kier alpha value is -3.87. The van der Waals surface area contributed by atoms with E-state index in [0.29, 0.717) is 37.4 Å². The normalized spacial score (nSPS) is 22.7. The van der Waals surface area contributed by atoms with Gasteiger partial charge < -0.3 is 14.2 Å². The Morgan fingerprint density at radius 2 is 1.73 bits per heavy atom. The number of benzene rings is 3. The lowest BCUT2D eigenvalue weighted by molar-refractivity contribution is -0.144. The maximum atomic E-state index is 12.1. The molecule has 2 aliphatic carbocycles. The first-order valence-electron chi connectivity index (χ1n) is 15.3. The highest BCUT2D eigenvalue weighted by Gasteiger charge is 2.45. The Morgan fingerprint density at radius 1 is 1.00 bits per heavy atom. The van der Waals surface area contributed by atoms with Gasteiger partial charge in [0.05, 0.1) is 37.0 Å². The summed E-state index contributed by atoms with van der Waals surface area (Å²) in [6, 6.07) is 18.3. The number of hydrogen-bond acceptors (Lipinski definition) is 7. The summed E-state index contributed by atoms with van der Waals surface area (Å²) in [5.41, 5.74) is 7.99. The first kappa shape index (κ1) is 30.2. The molecule has 4 atom stereocenters. The largest absolute Gasteiger partial charge is 0.489 e. The third kappa shape index (κ3) is 5.93. The van der Waals surface area contributed by atoms with Crippen LogP contribution in [0, 0.1) is 31.1 Å². The number of nitrogens with zero attached hydrogens (tertiary/aromatic N) is 2. The lowest BCUT2D eigenvalue weighted by Gasteiger charge is -2.20. The number of rotatable bonds is 9. The minimum absolute atomic E-state index is 0.0447. The zero-order chi connectivity index (χ0) is 31.2. The van der Waals surface area contributed by atoms with E-state index >= 15 is 0 Å². The van der Waals surface area contributed by atoms with E-state index in [4.69, 9.17) is 14.2 Å². The first-order chi connectivity index (χ1) is 21.1. The lowest BCUT2D eigenvalue weighted by Crippen LogP contribution is -2.29. The van der Waals surface area contributed by atoms with Gasteiger partial charge in [0.15, 0.2) is 0 Å². The van der Waals surface area contributed by atoms with Gasteiger partial charge in [0.1, 0.15) is 23.7 Å². The minimum Gasteiger partial charge on any atom is -0.489 e. The van der Waals surface area contributed by atoms with Crippen LogP contribution >= 0.6 is 0 Å². The van der Waals surface area contributed by atoms with E-state index in [-0.39, 0.29) is 30.0 Å². The van der Waals surface area contributed by atoms with Crippen molar-refractivity contribution in [2.75, 3.05) is 26.0 Å². The predicted octanol–water partition coefficient (Wildman–Crippen LogP) is 5.99. The van der Waals surface area contributed by atoms with Crippen LogP contribution in [-0.4, -0.2) is 50.7 Å². The first-order valence-corrected chi connectivity index (χ1v) is 17.1. The van der Waals surface area contributed by atoms with Crippen molar-refractivity contribution in [2.24, 2.45) is 5.92 Å². The number of carbonyl (C=O) groups is 1. The van der Waals surface area contributed by atoms with Gasteiger partial charge in [-0.15, -0.1) is 0 Å². The lowest BCUT2D eigenvalue weighted by atomic mass is 9.87. The molecular formula is C35H38N2O6S. The smallest absolute Gasteiger partial charge is 0.309 e. The van der Waals surface area contributed by atoms with Crippen LogP contribution in [0.5, 0.6) is 11.5 Å². The Labute approximate surface area is 259 Å². The molecule has 3 aromatic rings. The number of hydrogen-bond donors (Lipinski definition) is 0. The van der Waals surface area contributed by atoms with Crippen molar-refractivity contribution >= 4 is 16.0 Å². The molecule has 8 nitrogen and oxygen atoms in total. The fourth-order valence-electron chi connectivity index (χ4n) is 6.87. The van der Waals surface area contributed by atoms with Crippen LogP contribution in [0.25, 0.3) is 11.1 Å². The fraction of sp³-hybridized carbons (Fsp3) is 0.429. The van der Waals surface area contributed by atoms with Gasteiger partial charge in [-0.1, -0.05) is 18.2 Å². The van der Waals surface area contributed by atoms with Gasteiger partial charge in [0.25, 0.3) is 0 Å². The zero-order valence-corrected chi connectivity index (χ0v) is 26.4. The summed E-state index contributed by atoms with van der Waals surface area (Å²) in [5, 5.41) is 10.1. The highest BCUT2D eigenvalue weighted by atomic mass is 32.2. The van der Waals surface area contributed by atoms with Crippen molar-refractivity contribution in [1.82, 2.24) is 4.31 Å². The number of ether oxygens (including phenoxy) is 3. The second-order valence-corrected chi connectivity index (χ2v) is 14.1. The van der Waals surface area contributed by atoms with E-state index in [1.165, 1.54) is 10.6 Å². The van der Waals surface area contributed by atoms with Gasteiger partial charge in [0, 0.05) is 12.1 Å². The Morgan fingerprint density at radius 3 is 2.36 bits per heavy atom. The SMILES string of the molecule is CCOC(=O)[C@H]1C[C@@H]1c1ccc(O[C@@H]2CCc3c2ccc(C#N)c3-c2c(C)cc(O[C@@H]3CCN(S(C)(=O)=O)C3)cc2C)cc1. The van der Waals surface area contributed by atoms with Gasteiger partial charge in [0.2, 0.25) is 10.0 Å². The van der Waals surface area contributed by atoms with E-state index in [0.717, 1.165) is 64.0 Å². The monoisotopic (exact) mass is 614 g/mol. The van der Waals surface area contributed by atoms with Crippen LogP contribution in [0.15, 0.2) is 48.5 Å². The summed E-state index contributed by atoms with van der Waals surface area (Å²) in [5.74, 6) is 1.54. The second kappa shape index (κ2) is 11.9. The highest BCUT2D eigenvalue weighted by Crippen LogP contribution is 2.49. The second-order valence-electron chi connectivity index (χ2n) is 12.2. The molecule has 0 spiro atoms.